The van der Waals surface area contributed by atoms with Gasteiger partial charge in [0.25, 0.3) is 5.92 Å². The molecule has 2 saturated heterocycles. The summed E-state index contributed by atoms with van der Waals surface area (Å²) in [5, 5.41) is 3.29. The predicted molar refractivity (Wildman–Crippen MR) is 88.0 cm³/mol. The third-order valence-electron chi connectivity index (χ3n) is 3.90. The van der Waals surface area contributed by atoms with E-state index in [4.69, 9.17) is 0 Å². The van der Waals surface area contributed by atoms with Crippen molar-refractivity contribution in [1.29, 1.82) is 0 Å². The number of nitrogens with one attached hydrogen (secondary N) is 1. The number of rotatable bonds is 2. The molecule has 2 aliphatic heterocycles. The Balaban J connectivity index is 0.00000121. The van der Waals surface area contributed by atoms with Crippen molar-refractivity contribution in [2.45, 2.75) is 18.8 Å². The maximum Gasteiger partial charge on any atom is 0.251 e. The lowest BCUT2D eigenvalue weighted by Gasteiger charge is -2.33. The standard InChI is InChI=1S/C13H19F2N5.2ClH/c14-13(15)1-5-19(6-2-13)11-9-12(18-10-17-11)20-7-3-16-4-8-20;;/h9-10,16H,1-8H2;2*1H. The van der Waals surface area contributed by atoms with E-state index in [0.29, 0.717) is 13.1 Å². The van der Waals surface area contributed by atoms with Crippen molar-refractivity contribution in [3.8, 4) is 0 Å². The molecule has 0 atom stereocenters. The van der Waals surface area contributed by atoms with E-state index in [1.807, 2.05) is 11.0 Å². The number of hydrogen-bond donors (Lipinski definition) is 1. The van der Waals surface area contributed by atoms with Crippen molar-refractivity contribution in [2.24, 2.45) is 0 Å². The number of piperidine rings is 1. The van der Waals surface area contributed by atoms with Crippen LogP contribution >= 0.6 is 24.8 Å². The Bertz CT molecular complexity index is 461. The maximum absolute atomic E-state index is 13.2. The molecule has 1 N–H and O–H groups in total. The number of hydrogen-bond acceptors (Lipinski definition) is 5. The van der Waals surface area contributed by atoms with Crippen molar-refractivity contribution in [2.75, 3.05) is 49.1 Å². The van der Waals surface area contributed by atoms with Crippen molar-refractivity contribution in [3.05, 3.63) is 12.4 Å². The molecule has 2 fully saturated rings. The van der Waals surface area contributed by atoms with Crippen molar-refractivity contribution >= 4 is 36.4 Å². The first kappa shape index (κ1) is 19.1. The van der Waals surface area contributed by atoms with Crippen LogP contribution in [0.3, 0.4) is 0 Å². The van der Waals surface area contributed by atoms with E-state index in [1.165, 1.54) is 6.33 Å². The lowest BCUT2D eigenvalue weighted by Crippen LogP contribution is -2.44. The van der Waals surface area contributed by atoms with Crippen LogP contribution in [0.1, 0.15) is 12.8 Å². The highest BCUT2D eigenvalue weighted by Gasteiger charge is 2.34. The van der Waals surface area contributed by atoms with Gasteiger partial charge in [-0.2, -0.15) is 0 Å². The molecule has 0 amide bonds. The van der Waals surface area contributed by atoms with Gasteiger partial charge in [-0.1, -0.05) is 0 Å². The number of halogens is 4. The van der Waals surface area contributed by atoms with Gasteiger partial charge in [-0.15, -0.1) is 24.8 Å². The second-order valence-electron chi connectivity index (χ2n) is 5.31. The van der Waals surface area contributed by atoms with Crippen LogP contribution in [-0.4, -0.2) is 55.2 Å². The van der Waals surface area contributed by atoms with Crippen LogP contribution in [0, 0.1) is 0 Å². The number of piperazine rings is 1. The summed E-state index contributed by atoms with van der Waals surface area (Å²) in [5.74, 6) is -0.886. The molecule has 0 radical (unpaired) electrons. The van der Waals surface area contributed by atoms with Gasteiger partial charge in [-0.25, -0.2) is 18.7 Å². The normalized spacial score (nSPS) is 20.8. The molecule has 22 heavy (non-hydrogen) atoms. The summed E-state index contributed by atoms with van der Waals surface area (Å²) in [6.45, 7) is 4.41. The fourth-order valence-electron chi connectivity index (χ4n) is 2.64. The molecular weight excluding hydrogens is 335 g/mol. The molecule has 1 aromatic heterocycles. The molecule has 9 heteroatoms. The Hall–Kier alpha value is -0.920. The lowest BCUT2D eigenvalue weighted by molar-refractivity contribution is -0.0221. The minimum atomic E-state index is -2.52. The molecule has 1 aromatic rings. The second-order valence-corrected chi connectivity index (χ2v) is 5.31. The number of anilines is 2. The average molecular weight is 356 g/mol. The zero-order valence-corrected chi connectivity index (χ0v) is 13.8. The van der Waals surface area contributed by atoms with E-state index in [2.05, 4.69) is 20.2 Å². The van der Waals surface area contributed by atoms with Crippen LogP contribution in [0.5, 0.6) is 0 Å². The third kappa shape index (κ3) is 4.54. The molecule has 126 valence electrons. The Kier molecular flexibility index (Phi) is 7.02. The van der Waals surface area contributed by atoms with E-state index in [-0.39, 0.29) is 37.7 Å². The molecule has 0 aromatic carbocycles. The topological polar surface area (TPSA) is 44.3 Å². The molecule has 3 heterocycles. The summed E-state index contributed by atoms with van der Waals surface area (Å²) in [6, 6.07) is 1.91. The quantitative estimate of drug-likeness (QED) is 0.878. The Labute approximate surface area is 141 Å². The number of nitrogens with zero attached hydrogens (tertiary/aromatic N) is 4. The van der Waals surface area contributed by atoms with Gasteiger partial charge in [0.15, 0.2) is 0 Å². The van der Waals surface area contributed by atoms with Gasteiger partial charge < -0.3 is 15.1 Å². The van der Waals surface area contributed by atoms with E-state index < -0.39 is 5.92 Å². The van der Waals surface area contributed by atoms with Gasteiger partial charge in [-0.05, 0) is 0 Å². The summed E-state index contributed by atoms with van der Waals surface area (Å²) in [6.07, 6.45) is 1.33. The molecule has 2 aliphatic rings. The van der Waals surface area contributed by atoms with Crippen LogP contribution in [-0.2, 0) is 0 Å². The van der Waals surface area contributed by atoms with Gasteiger partial charge in [0.05, 0.1) is 0 Å². The van der Waals surface area contributed by atoms with Crippen LogP contribution in [0.25, 0.3) is 0 Å². The van der Waals surface area contributed by atoms with Crippen LogP contribution in [0.4, 0.5) is 20.4 Å². The van der Waals surface area contributed by atoms with Crippen molar-refractivity contribution in [1.82, 2.24) is 15.3 Å². The molecule has 0 aliphatic carbocycles. The van der Waals surface area contributed by atoms with Gasteiger partial charge in [-0.3, -0.25) is 0 Å². The molecular formula is C13H21Cl2F2N5. The largest absolute Gasteiger partial charge is 0.356 e. The molecule has 5 nitrogen and oxygen atoms in total. The average Bonchev–Trinajstić information content (AvgIpc) is 2.48. The lowest BCUT2D eigenvalue weighted by atomic mass is 10.1. The highest BCUT2D eigenvalue weighted by molar-refractivity contribution is 5.85. The summed E-state index contributed by atoms with van der Waals surface area (Å²) >= 11 is 0. The molecule has 0 spiro atoms. The first-order valence-corrected chi connectivity index (χ1v) is 7.05. The summed E-state index contributed by atoms with van der Waals surface area (Å²) in [5.41, 5.74) is 0. The molecule has 0 unspecified atom stereocenters. The highest BCUT2D eigenvalue weighted by Crippen LogP contribution is 2.30. The highest BCUT2D eigenvalue weighted by atomic mass is 35.5. The van der Waals surface area contributed by atoms with Gasteiger partial charge in [0, 0.05) is 58.2 Å². The number of aromatic nitrogens is 2. The van der Waals surface area contributed by atoms with E-state index in [1.54, 1.807) is 0 Å². The monoisotopic (exact) mass is 355 g/mol. The summed E-state index contributed by atoms with van der Waals surface area (Å²) in [7, 11) is 0. The first-order valence-electron chi connectivity index (χ1n) is 7.05. The van der Waals surface area contributed by atoms with E-state index >= 15 is 0 Å². The van der Waals surface area contributed by atoms with Gasteiger partial charge in [0.2, 0.25) is 0 Å². The minimum Gasteiger partial charge on any atom is -0.356 e. The molecule has 0 saturated carbocycles. The summed E-state index contributed by atoms with van der Waals surface area (Å²) in [4.78, 5) is 12.6. The fourth-order valence-corrected chi connectivity index (χ4v) is 2.64. The van der Waals surface area contributed by atoms with E-state index in [9.17, 15) is 8.78 Å². The maximum atomic E-state index is 13.2. The Morgan fingerprint density at radius 2 is 1.41 bits per heavy atom. The summed E-state index contributed by atoms with van der Waals surface area (Å²) < 4.78 is 26.4. The predicted octanol–water partition coefficient (Wildman–Crippen LogP) is 1.97. The van der Waals surface area contributed by atoms with Crippen LogP contribution in [0.15, 0.2) is 12.4 Å². The molecule has 0 bridgehead atoms. The Morgan fingerprint density at radius 3 is 1.95 bits per heavy atom. The zero-order chi connectivity index (χ0) is 14.0. The van der Waals surface area contributed by atoms with Crippen molar-refractivity contribution in [3.63, 3.8) is 0 Å². The van der Waals surface area contributed by atoms with Crippen molar-refractivity contribution < 1.29 is 8.78 Å². The van der Waals surface area contributed by atoms with E-state index in [0.717, 1.165) is 37.8 Å². The second kappa shape index (κ2) is 8.08. The minimum absolute atomic E-state index is 0. The number of alkyl halides is 2. The van der Waals surface area contributed by atoms with Crippen LogP contribution < -0.4 is 15.1 Å². The smallest absolute Gasteiger partial charge is 0.251 e. The fraction of sp³-hybridized carbons (Fsp3) is 0.692. The van der Waals surface area contributed by atoms with Gasteiger partial charge >= 0.3 is 0 Å². The Morgan fingerprint density at radius 1 is 0.909 bits per heavy atom. The van der Waals surface area contributed by atoms with Crippen LogP contribution in [0.2, 0.25) is 0 Å². The van der Waals surface area contributed by atoms with Gasteiger partial charge in [0.1, 0.15) is 18.0 Å². The zero-order valence-electron chi connectivity index (χ0n) is 12.2. The molecule has 3 rings (SSSR count). The third-order valence-corrected chi connectivity index (χ3v) is 3.90. The SMILES string of the molecule is Cl.Cl.FC1(F)CCN(c2cc(N3CCNCC3)ncn2)CC1. The first-order chi connectivity index (χ1) is 9.64.